The molecule has 0 heterocycles. The number of carboxylic acids is 1. The van der Waals surface area contributed by atoms with Gasteiger partial charge >= 0.3 is 5.97 Å². The molecule has 2 aliphatic carbocycles. The zero-order valence-corrected chi connectivity index (χ0v) is 23.0. The fourth-order valence-electron chi connectivity index (χ4n) is 5.49. The Morgan fingerprint density at radius 3 is 2.27 bits per heavy atom. The van der Waals surface area contributed by atoms with Gasteiger partial charge in [-0.25, -0.2) is 0 Å². The lowest BCUT2D eigenvalue weighted by molar-refractivity contribution is -0.137. The van der Waals surface area contributed by atoms with Gasteiger partial charge in [0.05, 0.1) is 25.7 Å². The molecule has 2 saturated carbocycles. The predicted octanol–water partition coefficient (Wildman–Crippen LogP) is 7.80. The minimum absolute atomic E-state index is 0.0886. The topological polar surface area (TPSA) is 65.0 Å². The molecule has 2 fully saturated rings. The van der Waals surface area contributed by atoms with Crippen molar-refractivity contribution >= 4 is 5.97 Å². The number of ether oxygens (including phenoxy) is 3. The predicted molar refractivity (Wildman–Crippen MR) is 147 cm³/mol. The highest BCUT2D eigenvalue weighted by atomic mass is 16.5. The summed E-state index contributed by atoms with van der Waals surface area (Å²) in [4.78, 5) is 11.4. The van der Waals surface area contributed by atoms with Gasteiger partial charge in [0.15, 0.2) is 0 Å². The normalized spacial score (nSPS) is 20.8. The summed E-state index contributed by atoms with van der Waals surface area (Å²) in [6.07, 6.45) is 9.89. The van der Waals surface area contributed by atoms with Crippen LogP contribution in [0.4, 0.5) is 0 Å². The molecule has 5 nitrogen and oxygen atoms in total. The summed E-state index contributed by atoms with van der Waals surface area (Å²) < 4.78 is 18.4. The molecule has 202 valence electrons. The lowest BCUT2D eigenvalue weighted by Gasteiger charge is -2.30. The van der Waals surface area contributed by atoms with E-state index in [1.54, 1.807) is 7.11 Å². The van der Waals surface area contributed by atoms with Crippen LogP contribution in [0.15, 0.2) is 42.5 Å². The first-order valence-electron chi connectivity index (χ1n) is 14.0. The molecular formula is C32H44O5. The van der Waals surface area contributed by atoms with Crippen molar-refractivity contribution in [3.05, 3.63) is 53.6 Å². The number of aliphatic carboxylic acids is 1. The van der Waals surface area contributed by atoms with Crippen molar-refractivity contribution < 1.29 is 24.1 Å². The van der Waals surface area contributed by atoms with Crippen LogP contribution in [0.25, 0.3) is 0 Å². The third-order valence-corrected chi connectivity index (χ3v) is 7.74. The maximum Gasteiger partial charge on any atom is 0.303 e. The van der Waals surface area contributed by atoms with Crippen LogP contribution in [-0.2, 0) is 11.2 Å². The van der Waals surface area contributed by atoms with E-state index in [9.17, 15) is 9.90 Å². The molecule has 2 aliphatic rings. The van der Waals surface area contributed by atoms with Crippen molar-refractivity contribution in [2.24, 2.45) is 11.3 Å². The van der Waals surface area contributed by atoms with Crippen LogP contribution in [0.1, 0.15) is 95.6 Å². The van der Waals surface area contributed by atoms with Crippen LogP contribution in [0, 0.1) is 11.3 Å². The number of carboxylic acid groups (broad SMARTS) is 1. The summed E-state index contributed by atoms with van der Waals surface area (Å²) in [5.41, 5.74) is 2.68. The van der Waals surface area contributed by atoms with Gasteiger partial charge in [-0.1, -0.05) is 39.0 Å². The van der Waals surface area contributed by atoms with Crippen molar-refractivity contribution in [2.75, 3.05) is 7.11 Å². The smallest absolute Gasteiger partial charge is 0.303 e. The van der Waals surface area contributed by atoms with Crippen LogP contribution in [0.3, 0.4) is 0 Å². The average Bonchev–Trinajstić information content (AvgIpc) is 3.69. The summed E-state index contributed by atoms with van der Waals surface area (Å²) >= 11 is 0. The highest BCUT2D eigenvalue weighted by molar-refractivity contribution is 5.68. The monoisotopic (exact) mass is 508 g/mol. The summed E-state index contributed by atoms with van der Waals surface area (Å²) in [6, 6.07) is 14.3. The third-order valence-electron chi connectivity index (χ3n) is 7.74. The standard InChI is InChI=1S/C32H44O5/c1-32(2,3)18-6-8-23-12-13-27(35-4)20-30(23)37-26-16-14-25(15-17-26)36-28-9-5-7-24(19-28)29(21-31(33)34)22-10-11-22/h5,7,9,12-13,19-20,22,25-26,29H,6,8,10-11,14-18,21H2,1-4H3,(H,33,34)/t25-,26-,29?. The molecule has 0 bridgehead atoms. The maximum atomic E-state index is 11.4. The van der Waals surface area contributed by atoms with E-state index in [2.05, 4.69) is 39.0 Å². The first-order chi connectivity index (χ1) is 17.7. The van der Waals surface area contributed by atoms with Crippen LogP contribution in [0.2, 0.25) is 0 Å². The molecule has 2 aromatic rings. The number of aryl methyl sites for hydroxylation is 1. The third kappa shape index (κ3) is 8.41. The van der Waals surface area contributed by atoms with Crippen LogP contribution < -0.4 is 14.2 Å². The maximum absolute atomic E-state index is 11.4. The van der Waals surface area contributed by atoms with E-state index < -0.39 is 5.97 Å². The summed E-state index contributed by atoms with van der Waals surface area (Å²) in [7, 11) is 1.70. The molecule has 0 radical (unpaired) electrons. The van der Waals surface area contributed by atoms with E-state index in [4.69, 9.17) is 14.2 Å². The molecule has 0 spiro atoms. The molecule has 4 rings (SSSR count). The van der Waals surface area contributed by atoms with Gasteiger partial charge in [0.1, 0.15) is 17.2 Å². The molecule has 0 aromatic heterocycles. The largest absolute Gasteiger partial charge is 0.497 e. The molecule has 0 saturated heterocycles. The van der Waals surface area contributed by atoms with E-state index in [0.717, 1.165) is 74.2 Å². The lowest BCUT2D eigenvalue weighted by atomic mass is 9.89. The first-order valence-corrected chi connectivity index (χ1v) is 14.0. The Hall–Kier alpha value is -2.69. The van der Waals surface area contributed by atoms with Gasteiger partial charge in [-0.15, -0.1) is 0 Å². The molecule has 1 N–H and O–H groups in total. The molecule has 0 aliphatic heterocycles. The quantitative estimate of drug-likeness (QED) is 0.317. The van der Waals surface area contributed by atoms with E-state index in [1.165, 1.54) is 12.0 Å². The SMILES string of the molecule is COc1ccc(CCCC(C)(C)C)c(O[C@H]2CC[C@H](Oc3cccc(C(CC(=O)O)C4CC4)c3)CC2)c1. The van der Waals surface area contributed by atoms with E-state index >= 15 is 0 Å². The highest BCUT2D eigenvalue weighted by Crippen LogP contribution is 2.45. The average molecular weight is 509 g/mol. The van der Waals surface area contributed by atoms with Gasteiger partial charge in [-0.05, 0) is 104 Å². The fraction of sp³-hybridized carbons (Fsp3) is 0.594. The van der Waals surface area contributed by atoms with Gasteiger partial charge in [-0.3, -0.25) is 4.79 Å². The summed E-state index contributed by atoms with van der Waals surface area (Å²) in [5.74, 6) is 2.50. The zero-order valence-electron chi connectivity index (χ0n) is 23.0. The Morgan fingerprint density at radius 1 is 0.946 bits per heavy atom. The number of hydrogen-bond donors (Lipinski definition) is 1. The van der Waals surface area contributed by atoms with Crippen molar-refractivity contribution in [2.45, 2.75) is 103 Å². The fourth-order valence-corrected chi connectivity index (χ4v) is 5.49. The number of methoxy groups -OCH3 is 1. The Kier molecular flexibility index (Phi) is 9.04. The summed E-state index contributed by atoms with van der Waals surface area (Å²) in [6.45, 7) is 6.87. The van der Waals surface area contributed by atoms with Gasteiger partial charge in [0.2, 0.25) is 0 Å². The van der Waals surface area contributed by atoms with Crippen molar-refractivity contribution in [1.82, 2.24) is 0 Å². The van der Waals surface area contributed by atoms with E-state index in [0.29, 0.717) is 11.3 Å². The zero-order chi connectivity index (χ0) is 26.4. The van der Waals surface area contributed by atoms with Crippen LogP contribution >= 0.6 is 0 Å². The van der Waals surface area contributed by atoms with Gasteiger partial charge in [-0.2, -0.15) is 0 Å². The number of benzene rings is 2. The Labute approximate surface area is 222 Å². The second kappa shape index (κ2) is 12.2. The molecular weight excluding hydrogens is 464 g/mol. The molecule has 5 heteroatoms. The lowest BCUT2D eigenvalue weighted by Crippen LogP contribution is -2.30. The minimum atomic E-state index is -0.727. The van der Waals surface area contributed by atoms with E-state index in [1.807, 2.05) is 24.3 Å². The summed E-state index contributed by atoms with van der Waals surface area (Å²) in [5, 5.41) is 9.35. The van der Waals surface area contributed by atoms with Crippen molar-refractivity contribution in [3.63, 3.8) is 0 Å². The van der Waals surface area contributed by atoms with Crippen LogP contribution in [0.5, 0.6) is 17.2 Å². The van der Waals surface area contributed by atoms with Gasteiger partial charge in [0, 0.05) is 6.07 Å². The number of rotatable bonds is 12. The Bertz CT molecular complexity index is 1030. The molecule has 37 heavy (non-hydrogen) atoms. The highest BCUT2D eigenvalue weighted by Gasteiger charge is 2.34. The number of hydrogen-bond acceptors (Lipinski definition) is 4. The van der Waals surface area contributed by atoms with Crippen molar-refractivity contribution in [3.8, 4) is 17.2 Å². The number of carbonyl (C=O) groups is 1. The molecule has 1 atom stereocenters. The Morgan fingerprint density at radius 2 is 1.65 bits per heavy atom. The molecule has 0 amide bonds. The van der Waals surface area contributed by atoms with Gasteiger partial charge in [0.25, 0.3) is 0 Å². The van der Waals surface area contributed by atoms with Crippen LogP contribution in [-0.4, -0.2) is 30.4 Å². The molecule has 1 unspecified atom stereocenters. The molecule has 2 aromatic carbocycles. The minimum Gasteiger partial charge on any atom is -0.497 e. The Balaban J connectivity index is 1.32. The van der Waals surface area contributed by atoms with Crippen molar-refractivity contribution in [1.29, 1.82) is 0 Å². The van der Waals surface area contributed by atoms with E-state index in [-0.39, 0.29) is 24.5 Å². The second-order valence-corrected chi connectivity index (χ2v) is 12.1. The second-order valence-electron chi connectivity index (χ2n) is 12.1. The van der Waals surface area contributed by atoms with Gasteiger partial charge < -0.3 is 19.3 Å². The first kappa shape index (κ1) is 27.3.